The van der Waals surface area contributed by atoms with Crippen molar-refractivity contribution in [2.45, 2.75) is 24.9 Å². The van der Waals surface area contributed by atoms with E-state index in [9.17, 15) is 22.8 Å². The van der Waals surface area contributed by atoms with E-state index in [0.717, 1.165) is 30.7 Å². The number of nitrogens with zero attached hydrogens (tertiary/aromatic N) is 3. The number of rotatable bonds is 3. The third-order valence-corrected chi connectivity index (χ3v) is 5.15. The molecule has 0 radical (unpaired) electrons. The van der Waals surface area contributed by atoms with Crippen molar-refractivity contribution >= 4 is 11.8 Å². The second kappa shape index (κ2) is 6.96. The maximum atomic E-state index is 12.6. The Morgan fingerprint density at radius 2 is 1.54 bits per heavy atom. The Balaban J connectivity index is 1.35. The summed E-state index contributed by atoms with van der Waals surface area (Å²) in [6.45, 7) is 1.37. The first kappa shape index (κ1) is 18.5. The molecule has 2 aromatic rings. The Kier molecular flexibility index (Phi) is 4.60. The summed E-state index contributed by atoms with van der Waals surface area (Å²) >= 11 is 0. The van der Waals surface area contributed by atoms with Crippen LogP contribution in [0.15, 0.2) is 30.3 Å². The summed E-state index contributed by atoms with van der Waals surface area (Å²) in [7, 11) is 0. The monoisotopic (exact) mass is 392 g/mol. The largest absolute Gasteiger partial charge is 0.416 e. The van der Waals surface area contributed by atoms with Crippen LogP contribution in [0.25, 0.3) is 0 Å². The van der Waals surface area contributed by atoms with Gasteiger partial charge in [-0.25, -0.2) is 0 Å². The van der Waals surface area contributed by atoms with E-state index >= 15 is 0 Å². The van der Waals surface area contributed by atoms with Crippen LogP contribution in [0, 0.1) is 0 Å². The van der Waals surface area contributed by atoms with Gasteiger partial charge in [0.15, 0.2) is 0 Å². The number of aromatic amines is 1. The van der Waals surface area contributed by atoms with Gasteiger partial charge in [0.05, 0.1) is 5.56 Å². The van der Waals surface area contributed by atoms with Gasteiger partial charge in [0.1, 0.15) is 5.69 Å². The number of aromatic nitrogens is 2. The number of H-pyrrole nitrogens is 1. The molecule has 0 bridgehead atoms. The first-order chi connectivity index (χ1) is 13.3. The van der Waals surface area contributed by atoms with E-state index in [4.69, 9.17) is 0 Å². The number of hydrogen-bond acceptors (Lipinski definition) is 3. The van der Waals surface area contributed by atoms with Crippen molar-refractivity contribution in [1.29, 1.82) is 0 Å². The molecule has 2 fully saturated rings. The lowest BCUT2D eigenvalue weighted by molar-refractivity contribution is -0.137. The van der Waals surface area contributed by atoms with E-state index in [1.54, 1.807) is 15.9 Å². The van der Waals surface area contributed by atoms with Crippen LogP contribution in [0.1, 0.15) is 50.9 Å². The molecule has 2 heterocycles. The summed E-state index contributed by atoms with van der Waals surface area (Å²) in [5.74, 6) is -0.0337. The summed E-state index contributed by atoms with van der Waals surface area (Å²) in [5.41, 5.74) is 0.780. The zero-order valence-electron chi connectivity index (χ0n) is 15.0. The average molecular weight is 392 g/mol. The SMILES string of the molecule is O=C(c1ccc(C(F)(F)F)cc1)N1CCN(C(=O)c2cc(C3CC3)[nH]n2)CC1. The molecule has 1 saturated carbocycles. The van der Waals surface area contributed by atoms with Crippen LogP contribution in [-0.4, -0.2) is 58.0 Å². The molecule has 0 spiro atoms. The highest BCUT2D eigenvalue weighted by atomic mass is 19.4. The smallest absolute Gasteiger partial charge is 0.335 e. The summed E-state index contributed by atoms with van der Waals surface area (Å²) in [5, 5.41) is 7.00. The Bertz CT molecular complexity index is 879. The van der Waals surface area contributed by atoms with Gasteiger partial charge in [-0.15, -0.1) is 0 Å². The molecular weight excluding hydrogens is 373 g/mol. The van der Waals surface area contributed by atoms with Crippen LogP contribution in [0.4, 0.5) is 13.2 Å². The second-order valence-corrected chi connectivity index (χ2v) is 7.14. The molecule has 2 aliphatic rings. The maximum Gasteiger partial charge on any atom is 0.416 e. The summed E-state index contributed by atoms with van der Waals surface area (Å²) < 4.78 is 37.9. The highest BCUT2D eigenvalue weighted by Crippen LogP contribution is 2.39. The van der Waals surface area contributed by atoms with Gasteiger partial charge in [0.2, 0.25) is 0 Å². The zero-order valence-corrected chi connectivity index (χ0v) is 15.0. The lowest BCUT2D eigenvalue weighted by Gasteiger charge is -2.34. The van der Waals surface area contributed by atoms with E-state index in [-0.39, 0.29) is 17.4 Å². The molecule has 1 aromatic heterocycles. The molecule has 148 valence electrons. The van der Waals surface area contributed by atoms with Gasteiger partial charge in [0, 0.05) is 43.4 Å². The van der Waals surface area contributed by atoms with Crippen molar-refractivity contribution in [3.63, 3.8) is 0 Å². The molecule has 1 aliphatic carbocycles. The van der Waals surface area contributed by atoms with Crippen molar-refractivity contribution in [3.8, 4) is 0 Å². The molecule has 1 aliphatic heterocycles. The predicted molar refractivity (Wildman–Crippen MR) is 93.8 cm³/mol. The maximum absolute atomic E-state index is 12.6. The van der Waals surface area contributed by atoms with Crippen molar-refractivity contribution in [2.24, 2.45) is 0 Å². The number of carbonyl (C=O) groups excluding carboxylic acids is 2. The fourth-order valence-electron chi connectivity index (χ4n) is 3.31. The minimum atomic E-state index is -4.43. The number of carbonyl (C=O) groups is 2. The Morgan fingerprint density at radius 3 is 2.07 bits per heavy atom. The van der Waals surface area contributed by atoms with E-state index in [1.807, 2.05) is 0 Å². The topological polar surface area (TPSA) is 69.3 Å². The molecule has 1 N–H and O–H groups in total. The number of benzene rings is 1. The number of nitrogens with one attached hydrogen (secondary N) is 1. The molecule has 4 rings (SSSR count). The Labute approximate surface area is 159 Å². The van der Waals surface area contributed by atoms with Crippen LogP contribution in [0.5, 0.6) is 0 Å². The van der Waals surface area contributed by atoms with Crippen LogP contribution in [0.2, 0.25) is 0 Å². The van der Waals surface area contributed by atoms with Crippen LogP contribution in [0.3, 0.4) is 0 Å². The van der Waals surface area contributed by atoms with Gasteiger partial charge in [-0.2, -0.15) is 18.3 Å². The minimum Gasteiger partial charge on any atom is -0.335 e. The van der Waals surface area contributed by atoms with E-state index in [1.165, 1.54) is 12.1 Å². The Hall–Kier alpha value is -2.84. The third kappa shape index (κ3) is 3.74. The second-order valence-electron chi connectivity index (χ2n) is 7.14. The molecule has 6 nitrogen and oxygen atoms in total. The minimum absolute atomic E-state index is 0.176. The van der Waals surface area contributed by atoms with Gasteiger partial charge in [-0.3, -0.25) is 14.7 Å². The van der Waals surface area contributed by atoms with Crippen LogP contribution < -0.4 is 0 Å². The molecule has 9 heteroatoms. The van der Waals surface area contributed by atoms with Crippen molar-refractivity contribution < 1.29 is 22.8 Å². The first-order valence-corrected chi connectivity index (χ1v) is 9.14. The fraction of sp³-hybridized carbons (Fsp3) is 0.421. The number of amides is 2. The normalized spacial score (nSPS) is 17.7. The number of piperazine rings is 1. The quantitative estimate of drug-likeness (QED) is 0.873. The zero-order chi connectivity index (χ0) is 19.9. The lowest BCUT2D eigenvalue weighted by Crippen LogP contribution is -2.50. The molecule has 1 saturated heterocycles. The summed E-state index contributed by atoms with van der Waals surface area (Å²) in [6, 6.07) is 5.97. The predicted octanol–water partition coefficient (Wildman–Crippen LogP) is 2.90. The molecule has 0 unspecified atom stereocenters. The molecule has 28 heavy (non-hydrogen) atoms. The first-order valence-electron chi connectivity index (χ1n) is 9.14. The van der Waals surface area contributed by atoms with E-state index < -0.39 is 11.7 Å². The molecule has 1 aromatic carbocycles. The fourth-order valence-corrected chi connectivity index (χ4v) is 3.31. The van der Waals surface area contributed by atoms with Crippen molar-refractivity contribution in [3.05, 3.63) is 52.8 Å². The van der Waals surface area contributed by atoms with Gasteiger partial charge in [-0.05, 0) is 43.2 Å². The lowest BCUT2D eigenvalue weighted by atomic mass is 10.1. The van der Waals surface area contributed by atoms with Gasteiger partial charge < -0.3 is 9.80 Å². The number of halogens is 3. The summed E-state index contributed by atoms with van der Waals surface area (Å²) in [4.78, 5) is 28.3. The summed E-state index contributed by atoms with van der Waals surface area (Å²) in [6.07, 6.45) is -2.21. The Morgan fingerprint density at radius 1 is 0.964 bits per heavy atom. The van der Waals surface area contributed by atoms with E-state index in [0.29, 0.717) is 37.8 Å². The van der Waals surface area contributed by atoms with Crippen LogP contribution in [-0.2, 0) is 6.18 Å². The third-order valence-electron chi connectivity index (χ3n) is 5.15. The molecule has 2 amide bonds. The van der Waals surface area contributed by atoms with Crippen LogP contribution >= 0.6 is 0 Å². The van der Waals surface area contributed by atoms with Crippen molar-refractivity contribution in [2.75, 3.05) is 26.2 Å². The van der Waals surface area contributed by atoms with Gasteiger partial charge in [0.25, 0.3) is 11.8 Å². The van der Waals surface area contributed by atoms with Gasteiger partial charge >= 0.3 is 6.18 Å². The molecular formula is C19H19F3N4O2. The number of alkyl halides is 3. The standard InChI is InChI=1S/C19H19F3N4O2/c20-19(21,22)14-5-3-13(4-6-14)17(27)25-7-9-26(10-8-25)18(28)16-11-15(23-24-16)12-1-2-12/h3-6,11-12H,1-2,7-10H2,(H,23,24). The van der Waals surface area contributed by atoms with Crippen molar-refractivity contribution in [1.82, 2.24) is 20.0 Å². The number of hydrogen-bond donors (Lipinski definition) is 1. The highest BCUT2D eigenvalue weighted by Gasteiger charge is 2.32. The van der Waals surface area contributed by atoms with E-state index in [2.05, 4.69) is 10.2 Å². The highest BCUT2D eigenvalue weighted by molar-refractivity contribution is 5.95. The molecule has 0 atom stereocenters. The van der Waals surface area contributed by atoms with Gasteiger partial charge in [-0.1, -0.05) is 0 Å². The average Bonchev–Trinajstić information content (AvgIpc) is 3.43.